The fourth-order valence-corrected chi connectivity index (χ4v) is 2.24. The number of rotatable bonds is 2. The Labute approximate surface area is 106 Å². The number of carbonyl (C=O) groups excluding carboxylic acids is 1. The van der Waals surface area contributed by atoms with Gasteiger partial charge in [0.15, 0.2) is 0 Å². The lowest BCUT2D eigenvalue weighted by Gasteiger charge is -2.10. The fraction of sp³-hybridized carbons (Fsp3) is 0.267. The third-order valence-electron chi connectivity index (χ3n) is 3.17. The summed E-state index contributed by atoms with van der Waals surface area (Å²) in [6, 6.07) is 12.1. The molecule has 3 rings (SSSR count). The van der Waals surface area contributed by atoms with E-state index in [2.05, 4.69) is 16.0 Å². The van der Waals surface area contributed by atoms with Gasteiger partial charge in [0, 0.05) is 42.6 Å². The van der Waals surface area contributed by atoms with Gasteiger partial charge < -0.3 is 0 Å². The summed E-state index contributed by atoms with van der Waals surface area (Å²) in [7, 11) is 0. The number of ketones is 1. The van der Waals surface area contributed by atoms with E-state index in [1.165, 1.54) is 0 Å². The number of hydrogen-bond acceptors (Lipinski definition) is 3. The summed E-state index contributed by atoms with van der Waals surface area (Å²) in [6.45, 7) is 0.641. The molecule has 0 aliphatic carbocycles. The molecule has 0 saturated heterocycles. The number of benzene rings is 1. The largest absolute Gasteiger partial charge is 0.299 e. The summed E-state index contributed by atoms with van der Waals surface area (Å²) in [6.07, 6.45) is 1.78. The normalized spacial score (nSPS) is 15.8. The van der Waals surface area contributed by atoms with Crippen LogP contribution in [0.1, 0.15) is 18.5 Å². The van der Waals surface area contributed by atoms with Crippen molar-refractivity contribution in [3.05, 3.63) is 42.1 Å². The number of carbonyl (C=O) groups is 1. The van der Waals surface area contributed by atoms with Crippen LogP contribution in [0, 0.1) is 0 Å². The molecule has 0 amide bonds. The quantitative estimate of drug-likeness (QED) is 0.807. The van der Waals surface area contributed by atoms with Crippen LogP contribution in [0.2, 0.25) is 0 Å². The van der Waals surface area contributed by atoms with E-state index in [9.17, 15) is 4.79 Å². The zero-order chi connectivity index (χ0) is 12.4. The third kappa shape index (κ3) is 2.30. The van der Waals surface area contributed by atoms with Crippen molar-refractivity contribution < 1.29 is 4.79 Å². The van der Waals surface area contributed by atoms with E-state index in [0.717, 1.165) is 22.3 Å². The van der Waals surface area contributed by atoms with Gasteiger partial charge in [-0.2, -0.15) is 0 Å². The first-order valence-electron chi connectivity index (χ1n) is 6.20. The minimum absolute atomic E-state index is 0.292. The van der Waals surface area contributed by atoms with Gasteiger partial charge in [-0.1, -0.05) is 24.3 Å². The molecule has 0 bridgehead atoms. The van der Waals surface area contributed by atoms with Crippen molar-refractivity contribution >= 4 is 22.4 Å². The summed E-state index contributed by atoms with van der Waals surface area (Å²) in [5.74, 6) is 0.292. The molecule has 90 valence electrons. The number of fused-ring (bicyclic) bond motifs is 1. The van der Waals surface area contributed by atoms with Gasteiger partial charge in [0.25, 0.3) is 0 Å². The molecule has 1 aliphatic heterocycles. The van der Waals surface area contributed by atoms with Gasteiger partial charge in [-0.15, -0.1) is 0 Å². The Kier molecular flexibility index (Phi) is 2.89. The molecular formula is C15H14N2O. The summed E-state index contributed by atoms with van der Waals surface area (Å²) in [5, 5.41) is 1.14. The predicted molar refractivity (Wildman–Crippen MR) is 72.0 cm³/mol. The molecule has 18 heavy (non-hydrogen) atoms. The highest BCUT2D eigenvalue weighted by atomic mass is 16.1. The Balaban J connectivity index is 1.86. The topological polar surface area (TPSA) is 42.3 Å². The fourth-order valence-electron chi connectivity index (χ4n) is 2.24. The van der Waals surface area contributed by atoms with Gasteiger partial charge in [0.2, 0.25) is 0 Å². The zero-order valence-corrected chi connectivity index (χ0v) is 10.1. The van der Waals surface area contributed by atoms with Gasteiger partial charge in [-0.05, 0) is 12.1 Å². The van der Waals surface area contributed by atoms with Gasteiger partial charge in [-0.3, -0.25) is 14.8 Å². The van der Waals surface area contributed by atoms with Crippen LogP contribution < -0.4 is 0 Å². The maximum absolute atomic E-state index is 11.4. The lowest BCUT2D eigenvalue weighted by atomic mass is 10.0. The molecule has 0 saturated carbocycles. The second kappa shape index (κ2) is 4.69. The van der Waals surface area contributed by atoms with E-state index in [1.807, 2.05) is 30.3 Å². The van der Waals surface area contributed by atoms with Gasteiger partial charge >= 0.3 is 0 Å². The standard InChI is InChI=1S/C15H14N2O/c18-14-7-8-16-13(10-14)9-12-6-5-11-3-1-2-4-15(11)17-12/h1-6H,7-10H2. The van der Waals surface area contributed by atoms with Gasteiger partial charge in [-0.25, -0.2) is 0 Å². The van der Waals surface area contributed by atoms with Crippen LogP contribution in [0.3, 0.4) is 0 Å². The average molecular weight is 238 g/mol. The molecule has 1 aromatic carbocycles. The second-order valence-corrected chi connectivity index (χ2v) is 4.59. The van der Waals surface area contributed by atoms with Crippen molar-refractivity contribution in [2.75, 3.05) is 6.54 Å². The van der Waals surface area contributed by atoms with Crippen molar-refractivity contribution in [3.63, 3.8) is 0 Å². The lowest BCUT2D eigenvalue weighted by Crippen LogP contribution is -2.17. The summed E-state index contributed by atoms with van der Waals surface area (Å²) in [4.78, 5) is 20.4. The molecule has 1 aliphatic rings. The second-order valence-electron chi connectivity index (χ2n) is 4.59. The smallest absolute Gasteiger partial charge is 0.140 e. The van der Waals surface area contributed by atoms with Crippen LogP contribution in [0.5, 0.6) is 0 Å². The predicted octanol–water partition coefficient (Wildman–Crippen LogP) is 2.58. The Morgan fingerprint density at radius 1 is 1.11 bits per heavy atom. The average Bonchev–Trinajstić information content (AvgIpc) is 2.39. The first-order valence-corrected chi connectivity index (χ1v) is 6.20. The number of hydrogen-bond donors (Lipinski definition) is 0. The summed E-state index contributed by atoms with van der Waals surface area (Å²) < 4.78 is 0. The van der Waals surface area contributed by atoms with Crippen LogP contribution in [-0.2, 0) is 11.2 Å². The third-order valence-corrected chi connectivity index (χ3v) is 3.17. The summed E-state index contributed by atoms with van der Waals surface area (Å²) in [5.41, 5.74) is 2.95. The van der Waals surface area contributed by atoms with E-state index in [4.69, 9.17) is 0 Å². The molecule has 0 unspecified atom stereocenters. The minimum atomic E-state index is 0.292. The zero-order valence-electron chi connectivity index (χ0n) is 10.1. The molecular weight excluding hydrogens is 224 g/mol. The van der Waals surface area contributed by atoms with Crippen LogP contribution in [0.4, 0.5) is 0 Å². The van der Waals surface area contributed by atoms with Gasteiger partial charge in [0.05, 0.1) is 5.52 Å². The molecule has 0 radical (unpaired) electrons. The van der Waals surface area contributed by atoms with Crippen molar-refractivity contribution in [2.45, 2.75) is 19.3 Å². The Bertz CT molecular complexity index is 631. The van der Waals surface area contributed by atoms with Crippen molar-refractivity contribution in [2.24, 2.45) is 4.99 Å². The van der Waals surface area contributed by atoms with Crippen LogP contribution in [0.15, 0.2) is 41.4 Å². The van der Waals surface area contributed by atoms with E-state index < -0.39 is 0 Å². The molecule has 0 N–H and O–H groups in total. The van der Waals surface area contributed by atoms with E-state index >= 15 is 0 Å². The molecule has 3 nitrogen and oxygen atoms in total. The molecule has 1 aromatic heterocycles. The first-order chi connectivity index (χ1) is 8.81. The van der Waals surface area contributed by atoms with E-state index in [1.54, 1.807) is 0 Å². The Morgan fingerprint density at radius 3 is 2.89 bits per heavy atom. The number of aliphatic imine (C=N–C) groups is 1. The minimum Gasteiger partial charge on any atom is -0.299 e. The highest BCUT2D eigenvalue weighted by molar-refractivity contribution is 6.04. The van der Waals surface area contributed by atoms with Crippen LogP contribution in [-0.4, -0.2) is 23.0 Å². The van der Waals surface area contributed by atoms with Crippen molar-refractivity contribution in [1.29, 1.82) is 0 Å². The van der Waals surface area contributed by atoms with E-state index in [-0.39, 0.29) is 0 Å². The maximum Gasteiger partial charge on any atom is 0.140 e. The molecule has 2 heterocycles. The number of para-hydroxylation sites is 1. The van der Waals surface area contributed by atoms with Crippen molar-refractivity contribution in [1.82, 2.24) is 4.98 Å². The SMILES string of the molecule is O=C1CCN=C(Cc2ccc3ccccc3n2)C1. The molecule has 0 fully saturated rings. The highest BCUT2D eigenvalue weighted by Gasteiger charge is 2.13. The number of Topliss-reactive ketones (excluding diaryl/α,β-unsaturated/α-hetero) is 1. The monoisotopic (exact) mass is 238 g/mol. The highest BCUT2D eigenvalue weighted by Crippen LogP contribution is 2.14. The Hall–Kier alpha value is -2.03. The number of aromatic nitrogens is 1. The van der Waals surface area contributed by atoms with E-state index in [0.29, 0.717) is 31.6 Å². The van der Waals surface area contributed by atoms with Crippen LogP contribution >= 0.6 is 0 Å². The summed E-state index contributed by atoms with van der Waals surface area (Å²) >= 11 is 0. The molecule has 0 spiro atoms. The Morgan fingerprint density at radius 2 is 2.00 bits per heavy atom. The van der Waals surface area contributed by atoms with Gasteiger partial charge in [0.1, 0.15) is 5.78 Å². The van der Waals surface area contributed by atoms with Crippen LogP contribution in [0.25, 0.3) is 10.9 Å². The molecule has 3 heteroatoms. The first kappa shape index (κ1) is 11.1. The molecule has 2 aromatic rings. The number of nitrogens with zero attached hydrogens (tertiary/aromatic N) is 2. The maximum atomic E-state index is 11.4. The lowest BCUT2D eigenvalue weighted by molar-refractivity contribution is -0.118. The van der Waals surface area contributed by atoms with Crippen molar-refractivity contribution in [3.8, 4) is 0 Å². The number of pyridine rings is 1. The molecule has 0 atom stereocenters.